The van der Waals surface area contributed by atoms with Crippen molar-refractivity contribution in [3.05, 3.63) is 92.3 Å². The number of benzene rings is 2. The second-order valence-corrected chi connectivity index (χ2v) is 7.34. The van der Waals surface area contributed by atoms with Crippen molar-refractivity contribution in [1.29, 1.82) is 0 Å². The number of aromatic amines is 1. The number of H-pyrrole nitrogens is 1. The number of hydrogen-bond acceptors (Lipinski definition) is 4. The molecule has 0 aliphatic carbocycles. The summed E-state index contributed by atoms with van der Waals surface area (Å²) in [6, 6.07) is 14.5. The number of carbonyl (C=O) groups is 2. The SMILES string of the molecule is Cc1[nH]c(/C=C2\C(=O)Nc3ccc(C(=O)NCc4ccccc4)cc32)c(C)c1[N+](=O)[O-]. The van der Waals surface area contributed by atoms with E-state index in [1.165, 1.54) is 0 Å². The van der Waals surface area contributed by atoms with Crippen LogP contribution in [-0.4, -0.2) is 21.7 Å². The molecule has 0 bridgehead atoms. The molecule has 3 N–H and O–H groups in total. The summed E-state index contributed by atoms with van der Waals surface area (Å²) in [7, 11) is 0. The average molecular weight is 416 g/mol. The molecule has 0 spiro atoms. The Balaban J connectivity index is 1.64. The van der Waals surface area contributed by atoms with Crippen molar-refractivity contribution in [2.24, 2.45) is 0 Å². The second kappa shape index (κ2) is 7.91. The lowest BCUT2D eigenvalue weighted by molar-refractivity contribution is -0.385. The Kier molecular flexibility index (Phi) is 5.12. The molecule has 0 fully saturated rings. The topological polar surface area (TPSA) is 117 Å². The van der Waals surface area contributed by atoms with Crippen molar-refractivity contribution in [3.8, 4) is 0 Å². The van der Waals surface area contributed by atoms with Gasteiger partial charge in [0.05, 0.1) is 21.8 Å². The van der Waals surface area contributed by atoms with Crippen LogP contribution in [0.4, 0.5) is 11.4 Å². The van der Waals surface area contributed by atoms with Crippen molar-refractivity contribution in [2.45, 2.75) is 20.4 Å². The summed E-state index contributed by atoms with van der Waals surface area (Å²) in [5.41, 5.74) is 4.26. The number of rotatable bonds is 5. The molecule has 0 saturated carbocycles. The summed E-state index contributed by atoms with van der Waals surface area (Å²) < 4.78 is 0. The molecule has 156 valence electrons. The van der Waals surface area contributed by atoms with Crippen LogP contribution in [0, 0.1) is 24.0 Å². The zero-order valence-corrected chi connectivity index (χ0v) is 17.0. The number of anilines is 1. The van der Waals surface area contributed by atoms with Gasteiger partial charge in [-0.1, -0.05) is 30.3 Å². The number of nitro groups is 1. The maximum Gasteiger partial charge on any atom is 0.293 e. The molecule has 0 radical (unpaired) electrons. The molecule has 1 aromatic heterocycles. The molecule has 1 aliphatic heterocycles. The minimum Gasteiger partial charge on any atom is -0.353 e. The van der Waals surface area contributed by atoms with Gasteiger partial charge in [-0.2, -0.15) is 0 Å². The largest absolute Gasteiger partial charge is 0.353 e. The van der Waals surface area contributed by atoms with Crippen LogP contribution in [0.25, 0.3) is 11.6 Å². The molecule has 8 nitrogen and oxygen atoms in total. The molecule has 2 amide bonds. The smallest absolute Gasteiger partial charge is 0.293 e. The Morgan fingerprint density at radius 3 is 2.58 bits per heavy atom. The van der Waals surface area contributed by atoms with Crippen LogP contribution in [0.3, 0.4) is 0 Å². The van der Waals surface area contributed by atoms with Gasteiger partial charge in [-0.3, -0.25) is 19.7 Å². The van der Waals surface area contributed by atoms with E-state index in [-0.39, 0.29) is 17.5 Å². The predicted molar refractivity (Wildman–Crippen MR) is 117 cm³/mol. The van der Waals surface area contributed by atoms with Gasteiger partial charge in [0.25, 0.3) is 17.5 Å². The van der Waals surface area contributed by atoms with Gasteiger partial charge >= 0.3 is 0 Å². The number of amides is 2. The molecular formula is C23H20N4O4. The summed E-state index contributed by atoms with van der Waals surface area (Å²) in [6.45, 7) is 3.64. The van der Waals surface area contributed by atoms with E-state index < -0.39 is 4.92 Å². The number of fused-ring (bicyclic) bond motifs is 1. The highest BCUT2D eigenvalue weighted by molar-refractivity contribution is 6.35. The number of hydrogen-bond donors (Lipinski definition) is 3. The van der Waals surface area contributed by atoms with E-state index in [1.54, 1.807) is 38.1 Å². The first kappa shape index (κ1) is 20.1. The van der Waals surface area contributed by atoms with Crippen molar-refractivity contribution in [1.82, 2.24) is 10.3 Å². The molecule has 0 saturated heterocycles. The van der Waals surface area contributed by atoms with E-state index in [0.717, 1.165) is 5.56 Å². The second-order valence-electron chi connectivity index (χ2n) is 7.34. The van der Waals surface area contributed by atoms with E-state index in [0.29, 0.717) is 45.9 Å². The average Bonchev–Trinajstić information content (AvgIpc) is 3.21. The summed E-state index contributed by atoms with van der Waals surface area (Å²) in [4.78, 5) is 39.0. The van der Waals surface area contributed by atoms with Crippen LogP contribution in [-0.2, 0) is 11.3 Å². The van der Waals surface area contributed by atoms with Gasteiger partial charge in [0.2, 0.25) is 0 Å². The first-order valence-electron chi connectivity index (χ1n) is 9.68. The summed E-state index contributed by atoms with van der Waals surface area (Å²) in [6.07, 6.45) is 1.59. The Labute approximate surface area is 178 Å². The lowest BCUT2D eigenvalue weighted by Crippen LogP contribution is -2.22. The molecule has 2 aromatic carbocycles. The van der Waals surface area contributed by atoms with Crippen LogP contribution < -0.4 is 10.6 Å². The summed E-state index contributed by atoms with van der Waals surface area (Å²) >= 11 is 0. The first-order valence-corrected chi connectivity index (χ1v) is 9.68. The Bertz CT molecular complexity index is 1240. The fourth-order valence-electron chi connectivity index (χ4n) is 3.68. The highest BCUT2D eigenvalue weighted by atomic mass is 16.6. The molecular weight excluding hydrogens is 396 g/mol. The van der Waals surface area contributed by atoms with Gasteiger partial charge in [-0.15, -0.1) is 0 Å². The maximum atomic E-state index is 12.6. The first-order chi connectivity index (χ1) is 14.8. The zero-order valence-electron chi connectivity index (χ0n) is 17.0. The third kappa shape index (κ3) is 3.83. The fraction of sp³-hybridized carbons (Fsp3) is 0.130. The van der Waals surface area contributed by atoms with E-state index in [1.807, 2.05) is 30.3 Å². The number of aromatic nitrogens is 1. The molecule has 1 aliphatic rings. The van der Waals surface area contributed by atoms with Crippen LogP contribution in [0.5, 0.6) is 0 Å². The Morgan fingerprint density at radius 1 is 1.16 bits per heavy atom. The van der Waals surface area contributed by atoms with Gasteiger partial charge in [-0.25, -0.2) is 0 Å². The summed E-state index contributed by atoms with van der Waals surface area (Å²) in [5.74, 6) is -0.584. The van der Waals surface area contributed by atoms with Crippen LogP contribution in [0.15, 0.2) is 48.5 Å². The maximum absolute atomic E-state index is 12.6. The van der Waals surface area contributed by atoms with Crippen LogP contribution in [0.1, 0.15) is 38.4 Å². The molecule has 8 heteroatoms. The monoisotopic (exact) mass is 416 g/mol. The van der Waals surface area contributed by atoms with E-state index in [9.17, 15) is 19.7 Å². The minimum atomic E-state index is -0.443. The fourth-order valence-corrected chi connectivity index (χ4v) is 3.68. The standard InChI is InChI=1S/C23H20N4O4/c1-13-20(25-14(2)21(13)27(30)31)11-18-17-10-16(8-9-19(17)26-23(18)29)22(28)24-12-15-6-4-3-5-7-15/h3-11,25H,12H2,1-2H3,(H,24,28)(H,26,29)/b18-11-. The quantitative estimate of drug-likeness (QED) is 0.331. The molecule has 0 atom stereocenters. The van der Waals surface area contributed by atoms with Crippen molar-refractivity contribution < 1.29 is 14.5 Å². The summed E-state index contributed by atoms with van der Waals surface area (Å²) in [5, 5.41) is 16.9. The minimum absolute atomic E-state index is 0.000445. The van der Waals surface area contributed by atoms with Crippen LogP contribution >= 0.6 is 0 Å². The molecule has 4 rings (SSSR count). The highest BCUT2D eigenvalue weighted by Crippen LogP contribution is 2.35. The number of carbonyl (C=O) groups excluding carboxylic acids is 2. The highest BCUT2D eigenvalue weighted by Gasteiger charge is 2.27. The third-order valence-electron chi connectivity index (χ3n) is 5.27. The van der Waals surface area contributed by atoms with Gasteiger partial charge in [0.1, 0.15) is 0 Å². The van der Waals surface area contributed by atoms with Crippen LogP contribution in [0.2, 0.25) is 0 Å². The van der Waals surface area contributed by atoms with E-state index in [2.05, 4.69) is 15.6 Å². The molecule has 31 heavy (non-hydrogen) atoms. The number of nitrogens with one attached hydrogen (secondary N) is 3. The Morgan fingerprint density at radius 2 is 1.90 bits per heavy atom. The Hall–Kier alpha value is -4.20. The lowest BCUT2D eigenvalue weighted by atomic mass is 10.0. The van der Waals surface area contributed by atoms with Gasteiger partial charge in [0, 0.05) is 29.1 Å². The van der Waals surface area contributed by atoms with Crippen molar-refractivity contribution >= 4 is 34.8 Å². The number of aryl methyl sites for hydroxylation is 1. The van der Waals surface area contributed by atoms with Gasteiger partial charge < -0.3 is 15.6 Å². The normalized spacial score (nSPS) is 13.7. The third-order valence-corrected chi connectivity index (χ3v) is 5.27. The van der Waals surface area contributed by atoms with Gasteiger partial charge in [0.15, 0.2) is 0 Å². The van der Waals surface area contributed by atoms with Crippen molar-refractivity contribution in [3.63, 3.8) is 0 Å². The zero-order chi connectivity index (χ0) is 22.1. The lowest BCUT2D eigenvalue weighted by Gasteiger charge is -2.07. The predicted octanol–water partition coefficient (Wildman–Crippen LogP) is 3.96. The number of nitrogens with zero attached hydrogens (tertiary/aromatic N) is 1. The van der Waals surface area contributed by atoms with E-state index >= 15 is 0 Å². The van der Waals surface area contributed by atoms with E-state index in [4.69, 9.17) is 0 Å². The van der Waals surface area contributed by atoms with Crippen molar-refractivity contribution in [2.75, 3.05) is 5.32 Å². The van der Waals surface area contributed by atoms with Gasteiger partial charge in [-0.05, 0) is 43.7 Å². The molecule has 3 aromatic rings. The molecule has 0 unspecified atom stereocenters. The molecule has 2 heterocycles.